The zero-order valence-corrected chi connectivity index (χ0v) is 14.6. The van der Waals surface area contributed by atoms with Crippen molar-refractivity contribution in [3.05, 3.63) is 52.5 Å². The highest BCUT2D eigenvalue weighted by atomic mass is 32.2. The second kappa shape index (κ2) is 5.73. The van der Waals surface area contributed by atoms with E-state index in [0.29, 0.717) is 29.6 Å². The van der Waals surface area contributed by atoms with E-state index in [1.54, 1.807) is 31.3 Å². The van der Waals surface area contributed by atoms with E-state index in [2.05, 4.69) is 10.0 Å². The number of benzene rings is 2. The molecule has 3 aromatic rings. The van der Waals surface area contributed by atoms with E-state index in [1.807, 2.05) is 0 Å². The van der Waals surface area contributed by atoms with Crippen LogP contribution in [-0.2, 0) is 28.3 Å². The lowest BCUT2D eigenvalue weighted by molar-refractivity contribution is -0.116. The SMILES string of the molecule is Cn1c(=O)oc2cc(NS(=O)(=O)c3ccc4c(c3)CCC(=O)N4)ccc21. The second-order valence-electron chi connectivity index (χ2n) is 6.08. The quantitative estimate of drug-likeness (QED) is 0.728. The van der Waals surface area contributed by atoms with Crippen LogP contribution in [0.15, 0.2) is 50.5 Å². The van der Waals surface area contributed by atoms with Gasteiger partial charge >= 0.3 is 5.76 Å². The van der Waals surface area contributed by atoms with Gasteiger partial charge in [0.2, 0.25) is 5.91 Å². The van der Waals surface area contributed by atoms with Crippen molar-refractivity contribution in [2.75, 3.05) is 10.0 Å². The molecule has 0 aliphatic carbocycles. The summed E-state index contributed by atoms with van der Waals surface area (Å²) in [5, 5.41) is 2.72. The van der Waals surface area contributed by atoms with Gasteiger partial charge in [-0.25, -0.2) is 13.2 Å². The van der Waals surface area contributed by atoms with Crippen molar-refractivity contribution in [2.24, 2.45) is 7.05 Å². The number of nitrogens with zero attached hydrogens (tertiary/aromatic N) is 1. The topological polar surface area (TPSA) is 110 Å². The smallest absolute Gasteiger partial charge is 0.408 e. The van der Waals surface area contributed by atoms with Crippen LogP contribution in [0, 0.1) is 0 Å². The molecule has 134 valence electrons. The zero-order chi connectivity index (χ0) is 18.5. The Hall–Kier alpha value is -3.07. The van der Waals surface area contributed by atoms with Crippen LogP contribution < -0.4 is 15.8 Å². The summed E-state index contributed by atoms with van der Waals surface area (Å²) in [4.78, 5) is 23.0. The Morgan fingerprint density at radius 1 is 1.12 bits per heavy atom. The van der Waals surface area contributed by atoms with Crippen molar-refractivity contribution in [1.82, 2.24) is 4.57 Å². The van der Waals surface area contributed by atoms with Gasteiger partial charge < -0.3 is 9.73 Å². The van der Waals surface area contributed by atoms with Gasteiger partial charge in [-0.2, -0.15) is 0 Å². The number of hydrogen-bond donors (Lipinski definition) is 2. The number of sulfonamides is 1. The number of carbonyl (C=O) groups is 1. The van der Waals surface area contributed by atoms with Crippen LogP contribution in [0.5, 0.6) is 0 Å². The number of fused-ring (bicyclic) bond motifs is 2. The van der Waals surface area contributed by atoms with E-state index in [1.165, 1.54) is 16.7 Å². The van der Waals surface area contributed by atoms with Gasteiger partial charge in [-0.05, 0) is 42.3 Å². The lowest BCUT2D eigenvalue weighted by Gasteiger charge is -2.17. The minimum Gasteiger partial charge on any atom is -0.408 e. The van der Waals surface area contributed by atoms with Gasteiger partial charge in [-0.15, -0.1) is 0 Å². The predicted octanol–water partition coefficient (Wildman–Crippen LogP) is 1.82. The molecule has 0 saturated carbocycles. The van der Waals surface area contributed by atoms with Gasteiger partial charge in [0.1, 0.15) is 0 Å². The van der Waals surface area contributed by atoms with Gasteiger partial charge in [0.15, 0.2) is 5.58 Å². The molecule has 1 aliphatic rings. The average molecular weight is 373 g/mol. The first-order chi connectivity index (χ1) is 12.3. The summed E-state index contributed by atoms with van der Waals surface area (Å²) < 4.78 is 34.2. The number of oxazole rings is 1. The van der Waals surface area contributed by atoms with Gasteiger partial charge in [0, 0.05) is 25.2 Å². The molecule has 0 spiro atoms. The van der Waals surface area contributed by atoms with E-state index < -0.39 is 15.8 Å². The molecule has 0 unspecified atom stereocenters. The Morgan fingerprint density at radius 2 is 1.92 bits per heavy atom. The van der Waals surface area contributed by atoms with Gasteiger partial charge in [0.05, 0.1) is 16.1 Å². The molecule has 0 radical (unpaired) electrons. The third-order valence-corrected chi connectivity index (χ3v) is 5.71. The lowest BCUT2D eigenvalue weighted by Crippen LogP contribution is -2.20. The predicted molar refractivity (Wildman–Crippen MR) is 95.7 cm³/mol. The number of hydrogen-bond acceptors (Lipinski definition) is 5. The zero-order valence-electron chi connectivity index (χ0n) is 13.8. The highest BCUT2D eigenvalue weighted by Gasteiger charge is 2.20. The molecule has 0 atom stereocenters. The molecule has 8 nitrogen and oxygen atoms in total. The standard InChI is InChI=1S/C17H15N3O5S/c1-20-14-6-3-11(9-15(14)25-17(20)22)19-26(23,24)12-4-5-13-10(8-12)2-7-16(21)18-13/h3-6,8-9,19H,2,7H2,1H3,(H,18,21). The minimum absolute atomic E-state index is 0.0797. The molecule has 1 aliphatic heterocycles. The molecule has 26 heavy (non-hydrogen) atoms. The molecular formula is C17H15N3O5S. The highest BCUT2D eigenvalue weighted by molar-refractivity contribution is 7.92. The number of carbonyl (C=O) groups excluding carboxylic acids is 1. The van der Waals surface area contributed by atoms with Crippen molar-refractivity contribution < 1.29 is 17.6 Å². The fourth-order valence-corrected chi connectivity index (χ4v) is 4.04. The Morgan fingerprint density at radius 3 is 2.73 bits per heavy atom. The largest absolute Gasteiger partial charge is 0.419 e. The Balaban J connectivity index is 1.67. The summed E-state index contributed by atoms with van der Waals surface area (Å²) in [6, 6.07) is 9.22. The molecule has 9 heteroatoms. The number of nitrogens with one attached hydrogen (secondary N) is 2. The summed E-state index contributed by atoms with van der Waals surface area (Å²) in [7, 11) is -2.25. The molecule has 0 saturated heterocycles. The molecule has 1 aromatic heterocycles. The summed E-state index contributed by atoms with van der Waals surface area (Å²) in [6.45, 7) is 0. The van der Waals surface area contributed by atoms with E-state index in [4.69, 9.17) is 4.42 Å². The van der Waals surface area contributed by atoms with Gasteiger partial charge in [0.25, 0.3) is 10.0 Å². The highest BCUT2D eigenvalue weighted by Crippen LogP contribution is 2.27. The molecule has 0 fully saturated rings. The van der Waals surface area contributed by atoms with Crippen LogP contribution in [0.1, 0.15) is 12.0 Å². The van der Waals surface area contributed by atoms with Crippen LogP contribution in [0.4, 0.5) is 11.4 Å². The number of rotatable bonds is 3. The molecule has 2 aromatic carbocycles. The Bertz CT molecular complexity index is 1210. The normalized spacial score (nSPS) is 14.1. The first-order valence-corrected chi connectivity index (χ1v) is 9.37. The fourth-order valence-electron chi connectivity index (χ4n) is 2.94. The summed E-state index contributed by atoms with van der Waals surface area (Å²) in [6.07, 6.45) is 0.819. The van der Waals surface area contributed by atoms with Crippen molar-refractivity contribution in [3.63, 3.8) is 0 Å². The number of amides is 1. The third-order valence-electron chi connectivity index (χ3n) is 4.33. The number of anilines is 2. The van der Waals surface area contributed by atoms with Crippen LogP contribution >= 0.6 is 0 Å². The number of aryl methyl sites for hydroxylation is 2. The monoisotopic (exact) mass is 373 g/mol. The van der Waals surface area contributed by atoms with Gasteiger partial charge in [-0.3, -0.25) is 14.1 Å². The molecule has 1 amide bonds. The second-order valence-corrected chi connectivity index (χ2v) is 7.76. The first kappa shape index (κ1) is 16.4. The van der Waals surface area contributed by atoms with E-state index in [9.17, 15) is 18.0 Å². The Labute approximate surface area is 148 Å². The van der Waals surface area contributed by atoms with Crippen LogP contribution in [0.25, 0.3) is 11.1 Å². The summed E-state index contributed by atoms with van der Waals surface area (Å²) >= 11 is 0. The van der Waals surface area contributed by atoms with Crippen LogP contribution in [0.2, 0.25) is 0 Å². The van der Waals surface area contributed by atoms with E-state index >= 15 is 0 Å². The van der Waals surface area contributed by atoms with Gasteiger partial charge in [-0.1, -0.05) is 0 Å². The van der Waals surface area contributed by atoms with Crippen molar-refractivity contribution in [1.29, 1.82) is 0 Å². The minimum atomic E-state index is -3.82. The fraction of sp³-hybridized carbons (Fsp3) is 0.176. The van der Waals surface area contributed by atoms with Crippen LogP contribution in [0.3, 0.4) is 0 Å². The molecule has 2 N–H and O–H groups in total. The molecule has 4 rings (SSSR count). The van der Waals surface area contributed by atoms with E-state index in [-0.39, 0.29) is 16.5 Å². The average Bonchev–Trinajstić information content (AvgIpc) is 2.87. The molecular weight excluding hydrogens is 358 g/mol. The third kappa shape index (κ3) is 2.76. The first-order valence-electron chi connectivity index (χ1n) is 7.89. The lowest BCUT2D eigenvalue weighted by atomic mass is 10.0. The number of aromatic nitrogens is 1. The molecule has 0 bridgehead atoms. The maximum Gasteiger partial charge on any atom is 0.419 e. The maximum atomic E-state index is 12.7. The summed E-state index contributed by atoms with van der Waals surface area (Å²) in [5.74, 6) is -0.597. The van der Waals surface area contributed by atoms with Crippen molar-refractivity contribution in [2.45, 2.75) is 17.7 Å². The molecule has 2 heterocycles. The maximum absolute atomic E-state index is 12.7. The van der Waals surface area contributed by atoms with Crippen molar-refractivity contribution >= 4 is 38.4 Å². The van der Waals surface area contributed by atoms with Crippen LogP contribution in [-0.4, -0.2) is 18.9 Å². The Kier molecular flexibility index (Phi) is 3.62. The van der Waals surface area contributed by atoms with E-state index in [0.717, 1.165) is 5.56 Å². The summed E-state index contributed by atoms with van der Waals surface area (Å²) in [5.41, 5.74) is 2.57. The van der Waals surface area contributed by atoms with Crippen molar-refractivity contribution in [3.8, 4) is 0 Å².